The highest BCUT2D eigenvalue weighted by Gasteiger charge is 2.14. The Kier molecular flexibility index (Phi) is 3.35. The first kappa shape index (κ1) is 9.91. The fourth-order valence-electron chi connectivity index (χ4n) is 1.90. The molecule has 1 aliphatic rings. The van der Waals surface area contributed by atoms with E-state index in [2.05, 4.69) is 12.6 Å². The van der Waals surface area contributed by atoms with Crippen LogP contribution in [-0.2, 0) is 0 Å². The highest BCUT2D eigenvalue weighted by Crippen LogP contribution is 2.23. The maximum atomic E-state index is 5.88. The summed E-state index contributed by atoms with van der Waals surface area (Å²) in [6.07, 6.45) is 6.86. The monoisotopic (exact) mass is 208 g/mol. The molecular weight excluding hydrogens is 192 g/mol. The lowest BCUT2D eigenvalue weighted by Crippen LogP contribution is -2.19. The standard InChI is InChI=1S/C12H16OS/c14-12-8-6-11(7-9-12)13-10-4-2-1-3-5-10/h6-10,14H,1-5H2. The highest BCUT2D eigenvalue weighted by molar-refractivity contribution is 7.80. The maximum absolute atomic E-state index is 5.88. The Morgan fingerprint density at radius 1 is 1.00 bits per heavy atom. The van der Waals surface area contributed by atoms with Gasteiger partial charge in [0.1, 0.15) is 5.75 Å². The lowest BCUT2D eigenvalue weighted by Gasteiger charge is -2.22. The molecule has 0 aliphatic heterocycles. The zero-order chi connectivity index (χ0) is 9.80. The van der Waals surface area contributed by atoms with E-state index in [-0.39, 0.29) is 0 Å². The van der Waals surface area contributed by atoms with Crippen molar-refractivity contribution < 1.29 is 4.74 Å². The molecule has 0 heterocycles. The summed E-state index contributed by atoms with van der Waals surface area (Å²) in [6, 6.07) is 7.94. The van der Waals surface area contributed by atoms with Crippen LogP contribution in [0.25, 0.3) is 0 Å². The van der Waals surface area contributed by atoms with Crippen molar-refractivity contribution in [3.63, 3.8) is 0 Å². The largest absolute Gasteiger partial charge is 0.490 e. The van der Waals surface area contributed by atoms with Crippen LogP contribution in [0.3, 0.4) is 0 Å². The summed E-state index contributed by atoms with van der Waals surface area (Å²) in [7, 11) is 0. The van der Waals surface area contributed by atoms with Crippen molar-refractivity contribution in [1.82, 2.24) is 0 Å². The minimum atomic E-state index is 0.439. The van der Waals surface area contributed by atoms with Crippen molar-refractivity contribution in [3.05, 3.63) is 24.3 Å². The number of ether oxygens (including phenoxy) is 1. The molecule has 0 bridgehead atoms. The summed E-state index contributed by atoms with van der Waals surface area (Å²) < 4.78 is 5.88. The van der Waals surface area contributed by atoms with Gasteiger partial charge in [0.15, 0.2) is 0 Å². The average Bonchev–Trinajstić information content (AvgIpc) is 2.23. The van der Waals surface area contributed by atoms with E-state index in [4.69, 9.17) is 4.74 Å². The molecular formula is C12H16OS. The van der Waals surface area contributed by atoms with E-state index >= 15 is 0 Å². The van der Waals surface area contributed by atoms with Crippen LogP contribution in [0.4, 0.5) is 0 Å². The smallest absolute Gasteiger partial charge is 0.119 e. The van der Waals surface area contributed by atoms with E-state index in [1.165, 1.54) is 32.1 Å². The fraction of sp³-hybridized carbons (Fsp3) is 0.500. The van der Waals surface area contributed by atoms with E-state index in [1.807, 2.05) is 24.3 Å². The van der Waals surface area contributed by atoms with Gasteiger partial charge < -0.3 is 4.74 Å². The van der Waals surface area contributed by atoms with Crippen molar-refractivity contribution in [1.29, 1.82) is 0 Å². The van der Waals surface area contributed by atoms with Gasteiger partial charge in [-0.25, -0.2) is 0 Å². The fourth-order valence-corrected chi connectivity index (χ4v) is 2.05. The van der Waals surface area contributed by atoms with Crippen LogP contribution in [-0.4, -0.2) is 6.10 Å². The van der Waals surface area contributed by atoms with Crippen LogP contribution in [0.5, 0.6) is 5.75 Å². The Hall–Kier alpha value is -0.630. The van der Waals surface area contributed by atoms with Crippen LogP contribution in [0.15, 0.2) is 29.2 Å². The first-order valence-corrected chi connectivity index (χ1v) is 5.75. The topological polar surface area (TPSA) is 9.23 Å². The lowest BCUT2D eigenvalue weighted by molar-refractivity contribution is 0.155. The van der Waals surface area contributed by atoms with Crippen molar-refractivity contribution in [2.24, 2.45) is 0 Å². The van der Waals surface area contributed by atoms with Crippen LogP contribution < -0.4 is 4.74 Å². The second-order valence-electron chi connectivity index (χ2n) is 3.87. The quantitative estimate of drug-likeness (QED) is 0.729. The van der Waals surface area contributed by atoms with Crippen molar-refractivity contribution in [3.8, 4) is 5.75 Å². The van der Waals surface area contributed by atoms with Crippen LogP contribution in [0, 0.1) is 0 Å². The maximum Gasteiger partial charge on any atom is 0.119 e. The molecule has 2 rings (SSSR count). The third-order valence-electron chi connectivity index (χ3n) is 2.69. The normalized spacial score (nSPS) is 18.1. The van der Waals surface area contributed by atoms with Gasteiger partial charge >= 0.3 is 0 Å². The van der Waals surface area contributed by atoms with Gasteiger partial charge in [0, 0.05) is 4.90 Å². The second kappa shape index (κ2) is 4.74. The Morgan fingerprint density at radius 2 is 1.64 bits per heavy atom. The van der Waals surface area contributed by atoms with Gasteiger partial charge in [0.05, 0.1) is 6.10 Å². The molecule has 0 radical (unpaired) electrons. The summed E-state index contributed by atoms with van der Waals surface area (Å²) in [5, 5.41) is 0. The van der Waals surface area contributed by atoms with Gasteiger partial charge in [0.25, 0.3) is 0 Å². The van der Waals surface area contributed by atoms with Gasteiger partial charge in [-0.05, 0) is 49.9 Å². The van der Waals surface area contributed by atoms with Gasteiger partial charge in [0.2, 0.25) is 0 Å². The second-order valence-corrected chi connectivity index (χ2v) is 4.39. The molecule has 1 nitrogen and oxygen atoms in total. The number of thiol groups is 1. The van der Waals surface area contributed by atoms with E-state index in [9.17, 15) is 0 Å². The summed E-state index contributed by atoms with van der Waals surface area (Å²) in [4.78, 5) is 0.987. The van der Waals surface area contributed by atoms with E-state index < -0.39 is 0 Å². The van der Waals surface area contributed by atoms with E-state index in [0.717, 1.165) is 10.6 Å². The number of hydrogen-bond acceptors (Lipinski definition) is 2. The molecule has 0 aromatic heterocycles. The van der Waals surface area contributed by atoms with Crippen LogP contribution >= 0.6 is 12.6 Å². The van der Waals surface area contributed by atoms with Gasteiger partial charge in [-0.3, -0.25) is 0 Å². The van der Waals surface area contributed by atoms with E-state index in [1.54, 1.807) is 0 Å². The average molecular weight is 208 g/mol. The molecule has 0 unspecified atom stereocenters. The molecule has 14 heavy (non-hydrogen) atoms. The molecule has 1 aromatic rings. The molecule has 0 atom stereocenters. The van der Waals surface area contributed by atoms with Gasteiger partial charge in [-0.1, -0.05) is 6.42 Å². The Bertz CT molecular complexity index is 275. The van der Waals surface area contributed by atoms with Gasteiger partial charge in [-0.2, -0.15) is 0 Å². The molecule has 0 N–H and O–H groups in total. The minimum absolute atomic E-state index is 0.439. The van der Waals surface area contributed by atoms with E-state index in [0.29, 0.717) is 6.10 Å². The van der Waals surface area contributed by atoms with Crippen molar-refractivity contribution in [2.75, 3.05) is 0 Å². The molecule has 0 amide bonds. The zero-order valence-electron chi connectivity index (χ0n) is 8.28. The SMILES string of the molecule is Sc1ccc(OC2CCCCC2)cc1. The zero-order valence-corrected chi connectivity index (χ0v) is 9.17. The highest BCUT2D eigenvalue weighted by atomic mass is 32.1. The number of benzene rings is 1. The molecule has 0 spiro atoms. The molecule has 1 fully saturated rings. The minimum Gasteiger partial charge on any atom is -0.490 e. The van der Waals surface area contributed by atoms with Crippen molar-refractivity contribution in [2.45, 2.75) is 43.1 Å². The summed E-state index contributed by atoms with van der Waals surface area (Å²) >= 11 is 4.24. The summed E-state index contributed by atoms with van der Waals surface area (Å²) in [6.45, 7) is 0. The molecule has 2 heteroatoms. The molecule has 0 saturated heterocycles. The lowest BCUT2D eigenvalue weighted by atomic mass is 9.98. The summed E-state index contributed by atoms with van der Waals surface area (Å²) in [5.74, 6) is 0.981. The molecule has 1 aromatic carbocycles. The molecule has 76 valence electrons. The number of hydrogen-bond donors (Lipinski definition) is 1. The Morgan fingerprint density at radius 3 is 2.29 bits per heavy atom. The third kappa shape index (κ3) is 2.68. The van der Waals surface area contributed by atoms with Crippen molar-refractivity contribution >= 4 is 12.6 Å². The van der Waals surface area contributed by atoms with Crippen LogP contribution in [0.2, 0.25) is 0 Å². The number of rotatable bonds is 2. The third-order valence-corrected chi connectivity index (χ3v) is 2.99. The predicted octanol–water partition coefficient (Wildman–Crippen LogP) is 3.69. The summed E-state index contributed by atoms with van der Waals surface area (Å²) in [5.41, 5.74) is 0. The predicted molar refractivity (Wildman–Crippen MR) is 61.2 cm³/mol. The first-order chi connectivity index (χ1) is 6.84. The molecule has 1 saturated carbocycles. The Labute approximate surface area is 90.9 Å². The van der Waals surface area contributed by atoms with Crippen LogP contribution in [0.1, 0.15) is 32.1 Å². The van der Waals surface area contributed by atoms with Gasteiger partial charge in [-0.15, -0.1) is 12.6 Å². The first-order valence-electron chi connectivity index (χ1n) is 5.30. The Balaban J connectivity index is 1.92. The molecule has 1 aliphatic carbocycles.